The SMILES string of the molecule is CC(=O)c1ccc(-c2ccc3[nH]nc(-c4cn(-c5ccc6c(c5)CNCC6)nn4)c3c2)cc1. The third-order valence-corrected chi connectivity index (χ3v) is 6.26. The zero-order valence-corrected chi connectivity index (χ0v) is 18.2. The summed E-state index contributed by atoms with van der Waals surface area (Å²) in [4.78, 5) is 11.6. The van der Waals surface area contributed by atoms with Crippen LogP contribution in [-0.4, -0.2) is 37.5 Å². The van der Waals surface area contributed by atoms with E-state index in [0.717, 1.165) is 52.9 Å². The fourth-order valence-corrected chi connectivity index (χ4v) is 4.39. The molecule has 0 spiro atoms. The second kappa shape index (κ2) is 7.79. The Bertz CT molecular complexity index is 1500. The van der Waals surface area contributed by atoms with Gasteiger partial charge in [-0.1, -0.05) is 41.6 Å². The quantitative estimate of drug-likeness (QED) is 0.411. The first-order valence-corrected chi connectivity index (χ1v) is 11.0. The Kier molecular flexibility index (Phi) is 4.62. The number of fused-ring (bicyclic) bond motifs is 2. The molecule has 1 aliphatic rings. The van der Waals surface area contributed by atoms with Crippen molar-refractivity contribution in [2.75, 3.05) is 6.54 Å². The molecular formula is C26H22N6O. The summed E-state index contributed by atoms with van der Waals surface area (Å²) >= 11 is 0. The smallest absolute Gasteiger partial charge is 0.159 e. The van der Waals surface area contributed by atoms with Gasteiger partial charge in [-0.3, -0.25) is 9.89 Å². The molecule has 1 aliphatic heterocycles. The maximum atomic E-state index is 11.6. The third-order valence-electron chi connectivity index (χ3n) is 6.26. The molecule has 7 heteroatoms. The number of rotatable bonds is 4. The van der Waals surface area contributed by atoms with Crippen molar-refractivity contribution in [3.63, 3.8) is 0 Å². The highest BCUT2D eigenvalue weighted by Crippen LogP contribution is 2.30. The largest absolute Gasteiger partial charge is 0.312 e. The van der Waals surface area contributed by atoms with Gasteiger partial charge in [0, 0.05) is 17.5 Å². The molecule has 0 radical (unpaired) electrons. The topological polar surface area (TPSA) is 88.5 Å². The second-order valence-electron chi connectivity index (χ2n) is 8.39. The first-order chi connectivity index (χ1) is 16.2. The molecule has 2 aromatic heterocycles. The monoisotopic (exact) mass is 434 g/mol. The van der Waals surface area contributed by atoms with Crippen LogP contribution in [0.1, 0.15) is 28.4 Å². The molecule has 0 saturated heterocycles. The summed E-state index contributed by atoms with van der Waals surface area (Å²) in [5, 5.41) is 20.8. The number of aromatic nitrogens is 5. The van der Waals surface area contributed by atoms with Crippen molar-refractivity contribution >= 4 is 16.7 Å². The van der Waals surface area contributed by atoms with Gasteiger partial charge in [-0.15, -0.1) is 5.10 Å². The average molecular weight is 435 g/mol. The van der Waals surface area contributed by atoms with E-state index in [1.54, 1.807) is 11.6 Å². The summed E-state index contributed by atoms with van der Waals surface area (Å²) in [6, 6.07) is 20.3. The molecule has 0 fully saturated rings. The number of H-pyrrole nitrogens is 1. The molecule has 2 N–H and O–H groups in total. The molecule has 0 aliphatic carbocycles. The van der Waals surface area contributed by atoms with Gasteiger partial charge in [-0.2, -0.15) is 5.10 Å². The van der Waals surface area contributed by atoms with E-state index in [-0.39, 0.29) is 5.78 Å². The zero-order valence-electron chi connectivity index (χ0n) is 18.2. The highest BCUT2D eigenvalue weighted by molar-refractivity contribution is 5.96. The lowest BCUT2D eigenvalue weighted by molar-refractivity contribution is 0.101. The van der Waals surface area contributed by atoms with Gasteiger partial charge in [-0.05, 0) is 66.4 Å². The lowest BCUT2D eigenvalue weighted by Crippen LogP contribution is -2.23. The van der Waals surface area contributed by atoms with Crippen molar-refractivity contribution in [1.82, 2.24) is 30.5 Å². The Labute approximate surface area is 190 Å². The Morgan fingerprint density at radius 2 is 1.82 bits per heavy atom. The van der Waals surface area contributed by atoms with Crippen LogP contribution in [0.2, 0.25) is 0 Å². The minimum atomic E-state index is 0.0624. The Balaban J connectivity index is 1.36. The van der Waals surface area contributed by atoms with E-state index in [1.807, 2.05) is 42.6 Å². The van der Waals surface area contributed by atoms with Gasteiger partial charge in [0.15, 0.2) is 5.78 Å². The number of hydrogen-bond donors (Lipinski definition) is 2. The maximum absolute atomic E-state index is 11.6. The normalized spacial score (nSPS) is 13.2. The van der Waals surface area contributed by atoms with Crippen LogP contribution in [0.5, 0.6) is 0 Å². The molecule has 3 aromatic carbocycles. The minimum absolute atomic E-state index is 0.0624. The maximum Gasteiger partial charge on any atom is 0.159 e. The molecule has 5 aromatic rings. The van der Waals surface area contributed by atoms with E-state index in [9.17, 15) is 4.79 Å². The van der Waals surface area contributed by atoms with Gasteiger partial charge in [0.25, 0.3) is 0 Å². The van der Waals surface area contributed by atoms with Crippen molar-refractivity contribution < 1.29 is 4.79 Å². The molecule has 0 amide bonds. The Morgan fingerprint density at radius 1 is 0.970 bits per heavy atom. The van der Waals surface area contributed by atoms with Crippen molar-refractivity contribution in [2.24, 2.45) is 0 Å². The molecule has 3 heterocycles. The van der Waals surface area contributed by atoms with Crippen LogP contribution >= 0.6 is 0 Å². The van der Waals surface area contributed by atoms with Crippen molar-refractivity contribution in [3.8, 4) is 28.2 Å². The summed E-state index contributed by atoms with van der Waals surface area (Å²) in [5.74, 6) is 0.0624. The summed E-state index contributed by atoms with van der Waals surface area (Å²) in [7, 11) is 0. The summed E-state index contributed by atoms with van der Waals surface area (Å²) < 4.78 is 1.80. The number of benzene rings is 3. The highest BCUT2D eigenvalue weighted by Gasteiger charge is 2.15. The average Bonchev–Trinajstić information content (AvgIpc) is 3.50. The molecule has 6 rings (SSSR count). The minimum Gasteiger partial charge on any atom is -0.312 e. The fourth-order valence-electron chi connectivity index (χ4n) is 4.39. The van der Waals surface area contributed by atoms with Gasteiger partial charge >= 0.3 is 0 Å². The van der Waals surface area contributed by atoms with E-state index in [2.05, 4.69) is 50.1 Å². The summed E-state index contributed by atoms with van der Waals surface area (Å²) in [5.41, 5.74) is 8.89. The molecule has 0 atom stereocenters. The van der Waals surface area contributed by atoms with Crippen LogP contribution in [-0.2, 0) is 13.0 Å². The third kappa shape index (κ3) is 3.52. The molecule has 0 saturated carbocycles. The molecule has 0 unspecified atom stereocenters. The second-order valence-corrected chi connectivity index (χ2v) is 8.39. The number of hydrogen-bond acceptors (Lipinski definition) is 5. The van der Waals surface area contributed by atoms with E-state index in [0.29, 0.717) is 11.3 Å². The van der Waals surface area contributed by atoms with E-state index < -0.39 is 0 Å². The first-order valence-electron chi connectivity index (χ1n) is 11.0. The molecular weight excluding hydrogens is 412 g/mol. The van der Waals surface area contributed by atoms with Crippen LogP contribution < -0.4 is 5.32 Å². The van der Waals surface area contributed by atoms with Crippen LogP contribution in [0, 0.1) is 0 Å². The number of nitrogens with one attached hydrogen (secondary N) is 2. The van der Waals surface area contributed by atoms with Crippen molar-refractivity contribution in [2.45, 2.75) is 19.9 Å². The number of nitrogens with zero attached hydrogens (tertiary/aromatic N) is 4. The number of ketones is 1. The Morgan fingerprint density at radius 3 is 2.67 bits per heavy atom. The molecule has 7 nitrogen and oxygen atoms in total. The highest BCUT2D eigenvalue weighted by atomic mass is 16.1. The van der Waals surface area contributed by atoms with Gasteiger partial charge in [-0.25, -0.2) is 4.68 Å². The number of carbonyl (C=O) groups excluding carboxylic acids is 1. The van der Waals surface area contributed by atoms with Crippen LogP contribution in [0.3, 0.4) is 0 Å². The van der Waals surface area contributed by atoms with Crippen molar-refractivity contribution in [1.29, 1.82) is 0 Å². The van der Waals surface area contributed by atoms with Crippen LogP contribution in [0.25, 0.3) is 39.1 Å². The van der Waals surface area contributed by atoms with E-state index >= 15 is 0 Å². The van der Waals surface area contributed by atoms with Gasteiger partial charge in [0.05, 0.1) is 17.4 Å². The first kappa shape index (κ1) is 19.6. The van der Waals surface area contributed by atoms with Gasteiger partial charge in [0.1, 0.15) is 11.4 Å². The van der Waals surface area contributed by atoms with Crippen molar-refractivity contribution in [3.05, 3.63) is 83.6 Å². The van der Waals surface area contributed by atoms with Crippen LogP contribution in [0.15, 0.2) is 66.9 Å². The summed E-state index contributed by atoms with van der Waals surface area (Å²) in [6.07, 6.45) is 2.97. The summed E-state index contributed by atoms with van der Waals surface area (Å²) in [6.45, 7) is 3.48. The predicted octanol–water partition coefficient (Wildman–Crippen LogP) is 4.33. The number of Topliss-reactive ketones (excluding diaryl/α,β-unsaturated/α-hetero) is 1. The van der Waals surface area contributed by atoms with Gasteiger partial charge < -0.3 is 5.32 Å². The fraction of sp³-hybridized carbons (Fsp3) is 0.154. The lowest BCUT2D eigenvalue weighted by atomic mass is 10.0. The number of aromatic amines is 1. The molecule has 162 valence electrons. The van der Waals surface area contributed by atoms with Crippen LogP contribution in [0.4, 0.5) is 0 Å². The zero-order chi connectivity index (χ0) is 22.4. The standard InChI is InChI=1S/C26H22N6O/c1-16(33)17-2-4-18(5-3-17)20-7-9-24-23(13-20)26(30-28-24)25-15-32(31-29-25)22-8-6-19-10-11-27-14-21(19)12-22/h2-9,12-13,15,27H,10-11,14H2,1H3,(H,28,30). The Hall–Kier alpha value is -4.10. The lowest BCUT2D eigenvalue weighted by Gasteiger charge is -2.17. The number of carbonyl (C=O) groups is 1. The van der Waals surface area contributed by atoms with Gasteiger partial charge in [0.2, 0.25) is 0 Å². The molecule has 33 heavy (non-hydrogen) atoms. The van der Waals surface area contributed by atoms with E-state index in [4.69, 9.17) is 0 Å². The van der Waals surface area contributed by atoms with E-state index in [1.165, 1.54) is 11.1 Å². The predicted molar refractivity (Wildman–Crippen MR) is 127 cm³/mol. The molecule has 0 bridgehead atoms.